The number of methoxy groups -OCH3 is 1. The molecule has 2 amide bonds. The van der Waals surface area contributed by atoms with Crippen LogP contribution in [0.1, 0.15) is 54.0 Å². The summed E-state index contributed by atoms with van der Waals surface area (Å²) in [6.07, 6.45) is -4.57. The molecule has 18 heteroatoms. The fraction of sp³-hybridized carbons (Fsp3) is 0.559. The van der Waals surface area contributed by atoms with E-state index >= 15 is 0 Å². The Morgan fingerprint density at radius 1 is 0.846 bits per heavy atom. The van der Waals surface area contributed by atoms with Gasteiger partial charge in [-0.3, -0.25) is 24.0 Å². The van der Waals surface area contributed by atoms with Gasteiger partial charge in [-0.2, -0.15) is 0 Å². The van der Waals surface area contributed by atoms with Crippen LogP contribution in [0.3, 0.4) is 0 Å². The number of rotatable bonds is 14. The third kappa shape index (κ3) is 12.4. The van der Waals surface area contributed by atoms with Crippen molar-refractivity contribution in [2.75, 3.05) is 19.5 Å². The van der Waals surface area contributed by atoms with Gasteiger partial charge in [0.05, 0.1) is 7.11 Å². The number of benzene rings is 1. The number of hydrogen-bond donors (Lipinski definition) is 3. The average Bonchev–Trinajstić information content (AvgIpc) is 3.44. The lowest BCUT2D eigenvalue weighted by Crippen LogP contribution is -2.62. The molecule has 2 aromatic rings. The van der Waals surface area contributed by atoms with Gasteiger partial charge < -0.3 is 48.8 Å². The van der Waals surface area contributed by atoms with Crippen LogP contribution < -0.4 is 10.6 Å². The topological polar surface area (TPSA) is 224 Å². The number of thioether (sulfide) groups is 1. The molecule has 52 heavy (non-hydrogen) atoms. The van der Waals surface area contributed by atoms with Crippen LogP contribution in [0.4, 0.5) is 4.79 Å². The van der Waals surface area contributed by atoms with Crippen molar-refractivity contribution < 1.29 is 66.7 Å². The molecule has 3 N–H and O–H groups in total. The Balaban J connectivity index is 1.92. The van der Waals surface area contributed by atoms with Crippen molar-refractivity contribution in [1.82, 2.24) is 15.6 Å². The van der Waals surface area contributed by atoms with E-state index in [2.05, 4.69) is 15.6 Å². The predicted octanol–water partition coefficient (Wildman–Crippen LogP) is 2.08. The van der Waals surface area contributed by atoms with E-state index in [1.54, 1.807) is 27.0 Å². The number of aromatic nitrogens is 1. The standard InChI is InChI=1S/C34H45N3O14S/c1-17(38)46-15-26-27(47-18(2)39)28(48-19(3)40)29(49-20(4)41)32(50-26)52-16-25(31(43)45-8)36-30(42)24(37-33(44)51-34(5,6)7)13-21-14-35-23-12-10-9-11-22(21)23/h9-12,14,24-29,32,35H,13,15-16H2,1-8H3,(H,36,42)(H,37,44). The molecule has 1 aliphatic rings. The van der Waals surface area contributed by atoms with Crippen molar-refractivity contribution in [3.63, 3.8) is 0 Å². The lowest BCUT2D eigenvalue weighted by Gasteiger charge is -2.44. The van der Waals surface area contributed by atoms with Crippen molar-refractivity contribution in [2.45, 2.75) is 102 Å². The molecule has 0 radical (unpaired) electrons. The molecule has 0 bridgehead atoms. The zero-order valence-electron chi connectivity index (χ0n) is 30.2. The number of H-pyrrole nitrogens is 1. The molecule has 0 spiro atoms. The molecular weight excluding hydrogens is 706 g/mol. The van der Waals surface area contributed by atoms with Gasteiger partial charge in [0.25, 0.3) is 0 Å². The summed E-state index contributed by atoms with van der Waals surface area (Å²) < 4.78 is 37.9. The van der Waals surface area contributed by atoms with Crippen LogP contribution in [-0.4, -0.2) is 114 Å². The summed E-state index contributed by atoms with van der Waals surface area (Å²) in [6, 6.07) is 4.79. The Hall–Kier alpha value is -4.84. The Morgan fingerprint density at radius 3 is 2.06 bits per heavy atom. The minimum atomic E-state index is -1.43. The number of carbonyl (C=O) groups is 7. The van der Waals surface area contributed by atoms with Crippen molar-refractivity contribution in [3.8, 4) is 0 Å². The molecule has 286 valence electrons. The van der Waals surface area contributed by atoms with E-state index in [1.807, 2.05) is 24.3 Å². The van der Waals surface area contributed by atoms with Crippen molar-refractivity contribution in [1.29, 1.82) is 0 Å². The lowest BCUT2D eigenvalue weighted by molar-refractivity contribution is -0.237. The third-order valence-corrected chi connectivity index (χ3v) is 8.52. The largest absolute Gasteiger partial charge is 0.467 e. The number of aromatic amines is 1. The first-order valence-electron chi connectivity index (χ1n) is 16.2. The molecule has 1 fully saturated rings. The molecule has 17 nitrogen and oxygen atoms in total. The Bertz CT molecular complexity index is 1620. The van der Waals surface area contributed by atoms with Crippen molar-refractivity contribution in [3.05, 3.63) is 36.0 Å². The Labute approximate surface area is 304 Å². The normalized spacial score (nSPS) is 21.1. The summed E-state index contributed by atoms with van der Waals surface area (Å²) >= 11 is 0.867. The van der Waals surface area contributed by atoms with Gasteiger partial charge in [0.1, 0.15) is 35.8 Å². The summed E-state index contributed by atoms with van der Waals surface area (Å²) in [4.78, 5) is 91.0. The summed E-state index contributed by atoms with van der Waals surface area (Å²) in [5.74, 6) is -4.98. The van der Waals surface area contributed by atoms with E-state index in [0.29, 0.717) is 5.56 Å². The second-order valence-electron chi connectivity index (χ2n) is 12.7. The van der Waals surface area contributed by atoms with Gasteiger partial charge in [-0.1, -0.05) is 18.2 Å². The first-order chi connectivity index (χ1) is 24.4. The highest BCUT2D eigenvalue weighted by atomic mass is 32.2. The monoisotopic (exact) mass is 751 g/mol. The second kappa shape index (κ2) is 18.6. The quantitative estimate of drug-likeness (QED) is 0.186. The minimum absolute atomic E-state index is 0.00974. The number of carbonyl (C=O) groups excluding carboxylic acids is 7. The van der Waals surface area contributed by atoms with E-state index in [1.165, 1.54) is 0 Å². The van der Waals surface area contributed by atoms with Gasteiger partial charge >= 0.3 is 35.9 Å². The molecule has 2 heterocycles. The number of para-hydroxylation sites is 1. The van der Waals surface area contributed by atoms with Gasteiger partial charge in [0.2, 0.25) is 5.91 Å². The molecule has 0 saturated carbocycles. The zero-order chi connectivity index (χ0) is 38.7. The van der Waals surface area contributed by atoms with E-state index in [-0.39, 0.29) is 12.2 Å². The number of esters is 5. The number of alkyl carbamates (subject to hydrolysis) is 1. The van der Waals surface area contributed by atoms with Crippen molar-refractivity contribution in [2.24, 2.45) is 0 Å². The molecule has 1 saturated heterocycles. The van der Waals surface area contributed by atoms with Gasteiger partial charge in [0.15, 0.2) is 18.3 Å². The molecule has 7 atom stereocenters. The van der Waals surface area contributed by atoms with Crippen LogP contribution in [0.2, 0.25) is 0 Å². The Morgan fingerprint density at radius 2 is 1.46 bits per heavy atom. The van der Waals surface area contributed by atoms with Crippen LogP contribution >= 0.6 is 11.8 Å². The van der Waals surface area contributed by atoms with E-state index in [4.69, 9.17) is 33.2 Å². The third-order valence-electron chi connectivity index (χ3n) is 7.28. The first-order valence-corrected chi connectivity index (χ1v) is 17.3. The van der Waals surface area contributed by atoms with Crippen LogP contribution in [-0.2, 0) is 68.3 Å². The van der Waals surface area contributed by atoms with Crippen LogP contribution in [0.15, 0.2) is 30.5 Å². The van der Waals surface area contributed by atoms with Crippen LogP contribution in [0.5, 0.6) is 0 Å². The highest BCUT2D eigenvalue weighted by Gasteiger charge is 2.52. The lowest BCUT2D eigenvalue weighted by atomic mass is 9.99. The highest BCUT2D eigenvalue weighted by molar-refractivity contribution is 7.99. The summed E-state index contributed by atoms with van der Waals surface area (Å²) in [7, 11) is 1.11. The SMILES string of the molecule is COC(=O)C(CSC1OC(COC(C)=O)C(OC(C)=O)C(OC(C)=O)C1OC(C)=O)NC(=O)C(Cc1c[nH]c2ccccc12)NC(=O)OC(C)(C)C. The first kappa shape index (κ1) is 41.6. The van der Waals surface area contributed by atoms with Gasteiger partial charge in [0, 0.05) is 57.0 Å². The van der Waals surface area contributed by atoms with E-state index in [9.17, 15) is 33.6 Å². The number of hydrogen-bond acceptors (Lipinski definition) is 15. The highest BCUT2D eigenvalue weighted by Crippen LogP contribution is 2.35. The fourth-order valence-corrected chi connectivity index (χ4v) is 6.50. The van der Waals surface area contributed by atoms with E-state index in [0.717, 1.165) is 57.5 Å². The summed E-state index contributed by atoms with van der Waals surface area (Å²) in [5.41, 5.74) is -0.594. The van der Waals surface area contributed by atoms with Gasteiger partial charge in [-0.25, -0.2) is 9.59 Å². The average molecular weight is 752 g/mol. The van der Waals surface area contributed by atoms with Gasteiger partial charge in [-0.15, -0.1) is 11.8 Å². The molecule has 0 aliphatic carbocycles. The van der Waals surface area contributed by atoms with E-state index < -0.39 is 96.0 Å². The van der Waals surface area contributed by atoms with Crippen LogP contribution in [0.25, 0.3) is 10.9 Å². The predicted molar refractivity (Wildman–Crippen MR) is 184 cm³/mol. The molecule has 1 aromatic carbocycles. The fourth-order valence-electron chi connectivity index (χ4n) is 5.28. The molecule has 1 aliphatic heterocycles. The number of ether oxygens (including phenoxy) is 7. The summed E-state index contributed by atoms with van der Waals surface area (Å²) in [5, 5.41) is 6.02. The smallest absolute Gasteiger partial charge is 0.408 e. The Kier molecular flexibility index (Phi) is 14.9. The maximum Gasteiger partial charge on any atom is 0.408 e. The number of amides is 2. The van der Waals surface area contributed by atoms with Gasteiger partial charge in [-0.05, 0) is 32.4 Å². The maximum absolute atomic E-state index is 13.9. The van der Waals surface area contributed by atoms with Crippen LogP contribution in [0, 0.1) is 0 Å². The molecular formula is C34H45N3O14S. The number of nitrogens with one attached hydrogen (secondary N) is 3. The zero-order valence-corrected chi connectivity index (χ0v) is 31.0. The minimum Gasteiger partial charge on any atom is -0.467 e. The molecule has 3 rings (SSSR count). The summed E-state index contributed by atoms with van der Waals surface area (Å²) in [6.45, 7) is 8.99. The second-order valence-corrected chi connectivity index (χ2v) is 13.9. The number of fused-ring (bicyclic) bond motifs is 1. The van der Waals surface area contributed by atoms with Crippen molar-refractivity contribution >= 4 is 64.5 Å². The molecule has 7 unspecified atom stereocenters. The molecule has 1 aromatic heterocycles. The maximum atomic E-state index is 13.9.